The topological polar surface area (TPSA) is 76.5 Å². The number of fused-ring (bicyclic) bond motifs is 1. The number of pyridine rings is 1. The molecule has 0 aliphatic heterocycles. The summed E-state index contributed by atoms with van der Waals surface area (Å²) in [5.41, 5.74) is 2.39. The van der Waals surface area contributed by atoms with Gasteiger partial charge >= 0.3 is 0 Å². The molecule has 1 aliphatic carbocycles. The Hall–Kier alpha value is -2.50. The lowest BCUT2D eigenvalue weighted by Crippen LogP contribution is -2.19. The molecule has 1 fully saturated rings. The van der Waals surface area contributed by atoms with Crippen LogP contribution < -0.4 is 5.56 Å². The molecule has 3 aromatic heterocycles. The second-order valence-electron chi connectivity index (χ2n) is 5.53. The molecule has 1 saturated carbocycles. The van der Waals surface area contributed by atoms with Crippen molar-refractivity contribution in [1.29, 1.82) is 0 Å². The molecule has 0 amide bonds. The van der Waals surface area contributed by atoms with Gasteiger partial charge in [-0.25, -0.2) is 9.67 Å². The third kappa shape index (κ3) is 1.86. The van der Waals surface area contributed by atoms with E-state index < -0.39 is 0 Å². The molecule has 0 bridgehead atoms. The van der Waals surface area contributed by atoms with Crippen LogP contribution in [-0.2, 0) is 0 Å². The lowest BCUT2D eigenvalue weighted by atomic mass is 9.85. The van der Waals surface area contributed by atoms with Gasteiger partial charge in [-0.05, 0) is 31.4 Å². The number of hydrogen-bond acceptors (Lipinski definition) is 4. The minimum Gasteiger partial charge on any atom is -0.310 e. The molecular formula is C15H15N5O. The zero-order valence-corrected chi connectivity index (χ0v) is 11.7. The Labute approximate surface area is 120 Å². The van der Waals surface area contributed by atoms with Crippen LogP contribution >= 0.6 is 0 Å². The first-order chi connectivity index (χ1) is 10.2. The van der Waals surface area contributed by atoms with Crippen molar-refractivity contribution in [2.75, 3.05) is 0 Å². The number of H-pyrrole nitrogens is 1. The van der Waals surface area contributed by atoms with Crippen LogP contribution in [0.15, 0.2) is 29.5 Å². The summed E-state index contributed by atoms with van der Waals surface area (Å²) in [6.45, 7) is 1.99. The maximum atomic E-state index is 12.2. The fourth-order valence-electron chi connectivity index (χ4n) is 2.66. The Morgan fingerprint density at radius 1 is 1.33 bits per heavy atom. The number of nitrogens with zero attached hydrogens (tertiary/aromatic N) is 4. The van der Waals surface area contributed by atoms with Crippen LogP contribution in [0.5, 0.6) is 0 Å². The predicted octanol–water partition coefficient (Wildman–Crippen LogP) is 2.08. The van der Waals surface area contributed by atoms with Crippen molar-refractivity contribution < 1.29 is 0 Å². The van der Waals surface area contributed by atoms with Gasteiger partial charge in [0.25, 0.3) is 5.56 Å². The summed E-state index contributed by atoms with van der Waals surface area (Å²) >= 11 is 0. The Balaban J connectivity index is 1.96. The average molecular weight is 281 g/mol. The van der Waals surface area contributed by atoms with Gasteiger partial charge < -0.3 is 4.98 Å². The highest BCUT2D eigenvalue weighted by Crippen LogP contribution is 2.34. The molecular weight excluding hydrogens is 266 g/mol. The first-order valence-electron chi connectivity index (χ1n) is 7.13. The standard InChI is InChI=1S/C15H15N5O/c1-9-5-6-16-8-12(9)20-14-11(7-17-20)15(21)19-13(18-14)10-3-2-4-10/h5-8,10H,2-4H2,1H3,(H,18,19,21). The number of aromatic amines is 1. The zero-order chi connectivity index (χ0) is 14.4. The van der Waals surface area contributed by atoms with Gasteiger partial charge in [0.2, 0.25) is 0 Å². The van der Waals surface area contributed by atoms with Crippen molar-refractivity contribution >= 4 is 11.0 Å². The number of aryl methyl sites for hydroxylation is 1. The molecule has 6 heteroatoms. The van der Waals surface area contributed by atoms with E-state index >= 15 is 0 Å². The Kier molecular flexibility index (Phi) is 2.63. The summed E-state index contributed by atoms with van der Waals surface area (Å²) < 4.78 is 1.70. The van der Waals surface area contributed by atoms with E-state index in [0.29, 0.717) is 17.0 Å². The van der Waals surface area contributed by atoms with Crippen molar-refractivity contribution in [2.45, 2.75) is 32.1 Å². The first kappa shape index (κ1) is 12.3. The second kappa shape index (κ2) is 4.51. The third-order valence-corrected chi connectivity index (χ3v) is 4.19. The fourth-order valence-corrected chi connectivity index (χ4v) is 2.66. The van der Waals surface area contributed by atoms with Gasteiger partial charge in [-0.15, -0.1) is 0 Å². The van der Waals surface area contributed by atoms with Crippen molar-refractivity contribution in [1.82, 2.24) is 24.7 Å². The molecule has 0 spiro atoms. The summed E-state index contributed by atoms with van der Waals surface area (Å²) in [5.74, 6) is 1.16. The lowest BCUT2D eigenvalue weighted by Gasteiger charge is -2.23. The molecule has 0 aromatic carbocycles. The van der Waals surface area contributed by atoms with E-state index in [2.05, 4.69) is 20.1 Å². The molecule has 0 saturated heterocycles. The molecule has 3 aromatic rings. The largest absolute Gasteiger partial charge is 0.310 e. The minimum atomic E-state index is -0.116. The molecule has 1 N–H and O–H groups in total. The summed E-state index contributed by atoms with van der Waals surface area (Å²) in [7, 11) is 0. The van der Waals surface area contributed by atoms with Crippen LogP contribution in [0, 0.1) is 6.92 Å². The van der Waals surface area contributed by atoms with Gasteiger partial charge in [-0.1, -0.05) is 6.42 Å². The molecule has 21 heavy (non-hydrogen) atoms. The summed E-state index contributed by atoms with van der Waals surface area (Å²) in [6, 6.07) is 1.92. The quantitative estimate of drug-likeness (QED) is 0.780. The van der Waals surface area contributed by atoms with E-state index in [0.717, 1.165) is 29.9 Å². The van der Waals surface area contributed by atoms with Crippen molar-refractivity contribution in [2.24, 2.45) is 0 Å². The van der Waals surface area contributed by atoms with Gasteiger partial charge in [0.05, 0.1) is 18.1 Å². The molecule has 106 valence electrons. The monoisotopic (exact) mass is 281 g/mol. The van der Waals surface area contributed by atoms with Crippen LogP contribution in [0.3, 0.4) is 0 Å². The van der Waals surface area contributed by atoms with E-state index in [4.69, 9.17) is 0 Å². The van der Waals surface area contributed by atoms with Crippen LogP contribution in [0.4, 0.5) is 0 Å². The van der Waals surface area contributed by atoms with Crippen molar-refractivity contribution in [3.8, 4) is 5.69 Å². The van der Waals surface area contributed by atoms with Crippen LogP contribution in [0.2, 0.25) is 0 Å². The van der Waals surface area contributed by atoms with Crippen LogP contribution in [0.25, 0.3) is 16.7 Å². The van der Waals surface area contributed by atoms with E-state index in [1.54, 1.807) is 23.3 Å². The highest BCUT2D eigenvalue weighted by Gasteiger charge is 2.23. The smallest absolute Gasteiger partial charge is 0.262 e. The van der Waals surface area contributed by atoms with Gasteiger partial charge in [0, 0.05) is 12.1 Å². The Morgan fingerprint density at radius 2 is 2.19 bits per heavy atom. The summed E-state index contributed by atoms with van der Waals surface area (Å²) in [6.07, 6.45) is 8.44. The number of rotatable bonds is 2. The van der Waals surface area contributed by atoms with E-state index in [-0.39, 0.29) is 5.56 Å². The van der Waals surface area contributed by atoms with Gasteiger partial charge in [0.1, 0.15) is 11.2 Å². The van der Waals surface area contributed by atoms with Crippen LogP contribution in [0.1, 0.15) is 36.6 Å². The maximum Gasteiger partial charge on any atom is 0.262 e. The van der Waals surface area contributed by atoms with Crippen molar-refractivity contribution in [3.63, 3.8) is 0 Å². The average Bonchev–Trinajstić information content (AvgIpc) is 2.82. The number of hydrogen-bond donors (Lipinski definition) is 1. The zero-order valence-electron chi connectivity index (χ0n) is 11.7. The van der Waals surface area contributed by atoms with Gasteiger partial charge in [0.15, 0.2) is 5.65 Å². The summed E-state index contributed by atoms with van der Waals surface area (Å²) in [5, 5.41) is 4.84. The van der Waals surface area contributed by atoms with E-state index in [1.165, 1.54) is 6.42 Å². The molecule has 6 nitrogen and oxygen atoms in total. The minimum absolute atomic E-state index is 0.116. The molecule has 3 heterocycles. The Morgan fingerprint density at radius 3 is 2.90 bits per heavy atom. The van der Waals surface area contributed by atoms with E-state index in [1.807, 2.05) is 13.0 Å². The second-order valence-corrected chi connectivity index (χ2v) is 5.53. The SMILES string of the molecule is Cc1ccncc1-n1ncc2c(=O)[nH]c(C3CCC3)nc21. The van der Waals surface area contributed by atoms with Crippen LogP contribution in [-0.4, -0.2) is 24.7 Å². The number of aromatic nitrogens is 5. The molecule has 0 radical (unpaired) electrons. The third-order valence-electron chi connectivity index (χ3n) is 4.19. The summed E-state index contributed by atoms with van der Waals surface area (Å²) in [4.78, 5) is 23.9. The first-order valence-corrected chi connectivity index (χ1v) is 7.13. The van der Waals surface area contributed by atoms with Crippen molar-refractivity contribution in [3.05, 3.63) is 46.4 Å². The normalized spacial score (nSPS) is 15.3. The maximum absolute atomic E-state index is 12.2. The highest BCUT2D eigenvalue weighted by molar-refractivity contribution is 5.75. The Bertz CT molecular complexity index is 875. The predicted molar refractivity (Wildman–Crippen MR) is 78.6 cm³/mol. The highest BCUT2D eigenvalue weighted by atomic mass is 16.1. The number of nitrogens with one attached hydrogen (secondary N) is 1. The molecule has 0 unspecified atom stereocenters. The van der Waals surface area contributed by atoms with E-state index in [9.17, 15) is 4.79 Å². The lowest BCUT2D eigenvalue weighted by molar-refractivity contribution is 0.401. The molecule has 1 aliphatic rings. The van der Waals surface area contributed by atoms with Gasteiger partial charge in [-0.2, -0.15) is 5.10 Å². The fraction of sp³-hybridized carbons (Fsp3) is 0.333. The molecule has 4 rings (SSSR count). The van der Waals surface area contributed by atoms with Gasteiger partial charge in [-0.3, -0.25) is 9.78 Å². The molecule has 0 atom stereocenters.